The summed E-state index contributed by atoms with van der Waals surface area (Å²) in [5, 5.41) is 3.57. The van der Waals surface area contributed by atoms with Crippen LogP contribution in [0.3, 0.4) is 0 Å². The molecule has 3 nitrogen and oxygen atoms in total. The van der Waals surface area contributed by atoms with Crippen LogP contribution in [-0.2, 0) is 14.1 Å². The molecule has 0 spiro atoms. The van der Waals surface area contributed by atoms with Gasteiger partial charge in [-0.2, -0.15) is 4.57 Å². The molecule has 6 rings (SSSR count). The first-order valence-corrected chi connectivity index (χ1v) is 10.6. The lowest BCUT2D eigenvalue weighted by molar-refractivity contribution is -0.659. The maximum atomic E-state index is 6.07. The first-order chi connectivity index (χ1) is 15.1. The fourth-order valence-electron chi connectivity index (χ4n) is 4.82. The van der Waals surface area contributed by atoms with Crippen molar-refractivity contribution in [1.29, 1.82) is 0 Å². The van der Waals surface area contributed by atoms with Crippen LogP contribution in [0.1, 0.15) is 5.56 Å². The molecule has 0 amide bonds. The van der Waals surface area contributed by atoms with Crippen molar-refractivity contribution in [2.75, 3.05) is 0 Å². The summed E-state index contributed by atoms with van der Waals surface area (Å²) in [5.41, 5.74) is 9.27. The zero-order chi connectivity index (χ0) is 21.1. The standard InChI is InChI=1S/C28H23N2O/c1-18-20(11-8-12-21(18)26-15-19-9-4-6-13-24(19)30(26)3)25-16-23-22-10-5-7-14-27(22)31-28(23)17-29(25)2/h4-17H,1-3H3/q+1. The Bertz CT molecular complexity index is 1620. The highest BCUT2D eigenvalue weighted by Gasteiger charge is 2.20. The van der Waals surface area contributed by atoms with E-state index < -0.39 is 0 Å². The van der Waals surface area contributed by atoms with Gasteiger partial charge >= 0.3 is 0 Å². The second kappa shape index (κ2) is 6.58. The SMILES string of the molecule is Cc1c(-c2cc3ccccc3n2C)cccc1-c1cc2c(c[n+]1C)oc1ccccc12. The fourth-order valence-corrected chi connectivity index (χ4v) is 4.82. The van der Waals surface area contributed by atoms with Gasteiger partial charge in [0.25, 0.3) is 0 Å². The summed E-state index contributed by atoms with van der Waals surface area (Å²) >= 11 is 0. The van der Waals surface area contributed by atoms with Gasteiger partial charge in [-0.1, -0.05) is 48.5 Å². The average molecular weight is 404 g/mol. The third-order valence-corrected chi connectivity index (χ3v) is 6.47. The monoisotopic (exact) mass is 403 g/mol. The minimum Gasteiger partial charge on any atom is -0.450 e. The van der Waals surface area contributed by atoms with Crippen molar-refractivity contribution in [3.05, 3.63) is 90.6 Å². The second-order valence-electron chi connectivity index (χ2n) is 8.27. The Morgan fingerprint density at radius 2 is 1.55 bits per heavy atom. The predicted octanol–water partition coefficient (Wildman–Crippen LogP) is 6.54. The first-order valence-electron chi connectivity index (χ1n) is 10.6. The number of aryl methyl sites for hydroxylation is 2. The highest BCUT2D eigenvalue weighted by atomic mass is 16.3. The first kappa shape index (κ1) is 18.0. The molecule has 0 aliphatic rings. The van der Waals surface area contributed by atoms with E-state index in [4.69, 9.17) is 4.42 Å². The van der Waals surface area contributed by atoms with Crippen LogP contribution in [0.5, 0.6) is 0 Å². The molecular weight excluding hydrogens is 380 g/mol. The number of hydrogen-bond acceptors (Lipinski definition) is 1. The molecule has 0 N–H and O–H groups in total. The van der Waals surface area contributed by atoms with Gasteiger partial charge in [-0.25, -0.2) is 0 Å². The van der Waals surface area contributed by atoms with Gasteiger partial charge in [0.2, 0.25) is 11.9 Å². The predicted molar refractivity (Wildman–Crippen MR) is 127 cm³/mol. The van der Waals surface area contributed by atoms with Crippen molar-refractivity contribution >= 4 is 32.8 Å². The van der Waals surface area contributed by atoms with Crippen molar-refractivity contribution < 1.29 is 8.98 Å². The molecule has 3 aromatic carbocycles. The Hall–Kier alpha value is -3.85. The number of rotatable bonds is 2. The van der Waals surface area contributed by atoms with Crippen molar-refractivity contribution in [2.24, 2.45) is 14.1 Å². The summed E-state index contributed by atoms with van der Waals surface area (Å²) in [6, 6.07) is 27.9. The van der Waals surface area contributed by atoms with Gasteiger partial charge in [0.05, 0.1) is 0 Å². The largest absolute Gasteiger partial charge is 0.450 e. The lowest BCUT2D eigenvalue weighted by Gasteiger charge is -2.12. The van der Waals surface area contributed by atoms with Gasteiger partial charge in [-0.05, 0) is 36.8 Å². The number of hydrogen-bond donors (Lipinski definition) is 0. The Balaban J connectivity index is 1.59. The number of benzene rings is 3. The Morgan fingerprint density at radius 3 is 2.42 bits per heavy atom. The van der Waals surface area contributed by atoms with Crippen molar-refractivity contribution in [1.82, 2.24) is 4.57 Å². The maximum Gasteiger partial charge on any atom is 0.213 e. The molecule has 0 fully saturated rings. The summed E-state index contributed by atoms with van der Waals surface area (Å²) in [6.45, 7) is 2.22. The topological polar surface area (TPSA) is 21.9 Å². The minimum atomic E-state index is 0.912. The highest BCUT2D eigenvalue weighted by Crippen LogP contribution is 2.35. The van der Waals surface area contributed by atoms with E-state index in [9.17, 15) is 0 Å². The second-order valence-corrected chi connectivity index (χ2v) is 8.27. The minimum absolute atomic E-state index is 0.912. The van der Waals surface area contributed by atoms with Gasteiger partial charge in [-0.15, -0.1) is 0 Å². The lowest BCUT2D eigenvalue weighted by atomic mass is 9.96. The van der Waals surface area contributed by atoms with E-state index in [1.165, 1.54) is 39.0 Å². The summed E-state index contributed by atoms with van der Waals surface area (Å²) < 4.78 is 10.5. The molecule has 0 atom stereocenters. The molecule has 0 aliphatic carbocycles. The van der Waals surface area contributed by atoms with E-state index in [1.54, 1.807) is 0 Å². The molecular formula is C28H23N2O+. The molecule has 3 heterocycles. The molecule has 3 heteroatoms. The normalized spacial score (nSPS) is 11.7. The van der Waals surface area contributed by atoms with Crippen LogP contribution in [-0.4, -0.2) is 4.57 Å². The van der Waals surface area contributed by atoms with Crippen LogP contribution in [0.4, 0.5) is 0 Å². The van der Waals surface area contributed by atoms with Crippen LogP contribution >= 0.6 is 0 Å². The molecule has 0 bridgehead atoms. The summed E-state index contributed by atoms with van der Waals surface area (Å²) in [6.07, 6.45) is 2.09. The molecule has 0 saturated carbocycles. The van der Waals surface area contributed by atoms with Gasteiger partial charge < -0.3 is 8.98 Å². The van der Waals surface area contributed by atoms with Crippen molar-refractivity contribution in [3.63, 3.8) is 0 Å². The zero-order valence-corrected chi connectivity index (χ0v) is 17.9. The van der Waals surface area contributed by atoms with Crippen LogP contribution in [0.15, 0.2) is 89.5 Å². The van der Waals surface area contributed by atoms with Crippen molar-refractivity contribution in [2.45, 2.75) is 6.92 Å². The van der Waals surface area contributed by atoms with E-state index >= 15 is 0 Å². The smallest absolute Gasteiger partial charge is 0.213 e. The van der Waals surface area contributed by atoms with Crippen LogP contribution in [0.25, 0.3) is 55.4 Å². The van der Waals surface area contributed by atoms with Gasteiger partial charge in [0, 0.05) is 51.6 Å². The van der Waals surface area contributed by atoms with E-state index in [0.717, 1.165) is 21.9 Å². The number of aromatic nitrogens is 2. The van der Waals surface area contributed by atoms with E-state index in [2.05, 4.69) is 103 Å². The van der Waals surface area contributed by atoms with Crippen molar-refractivity contribution in [3.8, 4) is 22.5 Å². The zero-order valence-electron chi connectivity index (χ0n) is 17.9. The number of pyridine rings is 1. The molecule has 0 aliphatic heterocycles. The highest BCUT2D eigenvalue weighted by molar-refractivity contribution is 6.05. The Morgan fingerprint density at radius 1 is 0.774 bits per heavy atom. The van der Waals surface area contributed by atoms with E-state index in [1.807, 2.05) is 12.1 Å². The molecule has 3 aromatic heterocycles. The number of para-hydroxylation sites is 2. The summed E-state index contributed by atoms with van der Waals surface area (Å²) in [7, 11) is 4.23. The molecule has 0 unspecified atom stereocenters. The van der Waals surface area contributed by atoms with Crippen LogP contribution in [0.2, 0.25) is 0 Å². The Labute approximate surface area is 180 Å². The third-order valence-electron chi connectivity index (χ3n) is 6.47. The molecule has 31 heavy (non-hydrogen) atoms. The number of fused-ring (bicyclic) bond motifs is 4. The van der Waals surface area contributed by atoms with E-state index in [-0.39, 0.29) is 0 Å². The fraction of sp³-hybridized carbons (Fsp3) is 0.107. The Kier molecular flexibility index (Phi) is 3.81. The lowest BCUT2D eigenvalue weighted by Crippen LogP contribution is -2.30. The summed E-state index contributed by atoms with van der Waals surface area (Å²) in [5.74, 6) is 0. The van der Waals surface area contributed by atoms with Gasteiger partial charge in [-0.3, -0.25) is 0 Å². The molecule has 0 saturated heterocycles. The van der Waals surface area contributed by atoms with Gasteiger partial charge in [0.1, 0.15) is 12.6 Å². The average Bonchev–Trinajstić information content (AvgIpc) is 3.31. The van der Waals surface area contributed by atoms with Gasteiger partial charge in [0.15, 0.2) is 5.58 Å². The molecule has 6 aromatic rings. The third kappa shape index (κ3) is 2.63. The van der Waals surface area contributed by atoms with Crippen LogP contribution < -0.4 is 4.57 Å². The molecule has 0 radical (unpaired) electrons. The van der Waals surface area contributed by atoms with Crippen LogP contribution in [0, 0.1) is 6.92 Å². The maximum absolute atomic E-state index is 6.07. The summed E-state index contributed by atoms with van der Waals surface area (Å²) in [4.78, 5) is 0. The number of nitrogens with zero attached hydrogens (tertiary/aromatic N) is 2. The number of furan rings is 1. The quantitative estimate of drug-likeness (QED) is 0.301. The van der Waals surface area contributed by atoms with E-state index in [0.29, 0.717) is 0 Å². The molecule has 150 valence electrons.